The second-order valence-corrected chi connectivity index (χ2v) is 6.21. The summed E-state index contributed by atoms with van der Waals surface area (Å²) in [6.07, 6.45) is 1.19. The Bertz CT molecular complexity index is 808. The van der Waals surface area contributed by atoms with Crippen LogP contribution >= 0.6 is 11.6 Å². The first-order valence-corrected chi connectivity index (χ1v) is 8.19. The molecule has 1 fully saturated rings. The molecule has 1 aromatic carbocycles. The quantitative estimate of drug-likeness (QED) is 0.617. The van der Waals surface area contributed by atoms with Crippen LogP contribution in [0, 0.1) is 21.4 Å². The molecule has 25 heavy (non-hydrogen) atoms. The molecule has 0 amide bonds. The highest BCUT2D eigenvalue weighted by molar-refractivity contribution is 6.33. The molecule has 1 saturated heterocycles. The first kappa shape index (κ1) is 17.1. The van der Waals surface area contributed by atoms with Gasteiger partial charge in [0.25, 0.3) is 5.69 Å². The largest absolute Gasteiger partial charge is 0.351 e. The Hall–Kier alpha value is -2.69. The molecule has 0 spiro atoms. The van der Waals surface area contributed by atoms with Crippen molar-refractivity contribution in [2.75, 3.05) is 24.5 Å². The Morgan fingerprint density at radius 3 is 2.76 bits per heavy atom. The van der Waals surface area contributed by atoms with Crippen LogP contribution in [-0.4, -0.2) is 40.5 Å². The molecule has 0 bridgehead atoms. The number of hydrogen-bond donors (Lipinski definition) is 0. The fraction of sp³-hybridized carbons (Fsp3) is 0.294. The van der Waals surface area contributed by atoms with E-state index < -0.39 is 4.92 Å². The predicted molar refractivity (Wildman–Crippen MR) is 94.4 cm³/mol. The summed E-state index contributed by atoms with van der Waals surface area (Å²) in [5.41, 5.74) is 1.01. The Balaban J connectivity index is 1.73. The molecule has 0 saturated carbocycles. The molecule has 2 aromatic rings. The molecule has 2 heterocycles. The van der Waals surface area contributed by atoms with Crippen molar-refractivity contribution in [1.82, 2.24) is 9.88 Å². The van der Waals surface area contributed by atoms with Crippen LogP contribution in [-0.2, 0) is 6.54 Å². The summed E-state index contributed by atoms with van der Waals surface area (Å²) in [5.74, 6) is 0.479. The van der Waals surface area contributed by atoms with E-state index in [2.05, 4.69) is 16.0 Å². The van der Waals surface area contributed by atoms with Crippen molar-refractivity contribution < 1.29 is 4.92 Å². The average molecular weight is 358 g/mol. The van der Waals surface area contributed by atoms with Gasteiger partial charge >= 0.3 is 0 Å². The van der Waals surface area contributed by atoms with Gasteiger partial charge in [0.15, 0.2) is 0 Å². The van der Waals surface area contributed by atoms with Crippen LogP contribution in [0.15, 0.2) is 42.6 Å². The van der Waals surface area contributed by atoms with Crippen molar-refractivity contribution in [2.24, 2.45) is 0 Å². The van der Waals surface area contributed by atoms with Gasteiger partial charge in [-0.15, -0.1) is 0 Å². The first-order chi connectivity index (χ1) is 12.1. The summed E-state index contributed by atoms with van der Waals surface area (Å²) in [5, 5.41) is 20.6. The SMILES string of the molecule is N#CC1CN(c2ncc([N+](=O)[O-])cc2Cl)CCN1Cc1ccccc1. The third-order valence-corrected chi connectivity index (χ3v) is 4.46. The second kappa shape index (κ2) is 7.47. The van der Waals surface area contributed by atoms with Crippen LogP contribution in [0.25, 0.3) is 0 Å². The molecular weight excluding hydrogens is 342 g/mol. The summed E-state index contributed by atoms with van der Waals surface area (Å²) < 4.78 is 0. The van der Waals surface area contributed by atoms with E-state index >= 15 is 0 Å². The standard InChI is InChI=1S/C17H16ClN5O2/c18-16-8-14(23(24)25)10-20-17(16)22-7-6-21(15(9-19)12-22)11-13-4-2-1-3-5-13/h1-5,8,10,15H,6-7,11-12H2. The van der Waals surface area contributed by atoms with Gasteiger partial charge in [-0.05, 0) is 5.56 Å². The Morgan fingerprint density at radius 1 is 1.36 bits per heavy atom. The van der Waals surface area contributed by atoms with E-state index in [1.165, 1.54) is 12.3 Å². The zero-order valence-corrected chi connectivity index (χ0v) is 14.1. The summed E-state index contributed by atoms with van der Waals surface area (Å²) in [7, 11) is 0. The van der Waals surface area contributed by atoms with Gasteiger partial charge < -0.3 is 4.90 Å². The van der Waals surface area contributed by atoms with Crippen molar-refractivity contribution in [1.29, 1.82) is 5.26 Å². The number of nitro groups is 1. The van der Waals surface area contributed by atoms with Crippen molar-refractivity contribution in [3.63, 3.8) is 0 Å². The second-order valence-electron chi connectivity index (χ2n) is 5.80. The van der Waals surface area contributed by atoms with Crippen LogP contribution in [0.2, 0.25) is 5.02 Å². The Morgan fingerprint density at radius 2 is 2.12 bits per heavy atom. The Labute approximate surface area is 150 Å². The summed E-state index contributed by atoms with van der Waals surface area (Å²) in [6.45, 7) is 2.49. The normalized spacial score (nSPS) is 17.9. The number of pyridine rings is 1. The zero-order chi connectivity index (χ0) is 17.8. The molecule has 128 valence electrons. The van der Waals surface area contributed by atoms with Gasteiger partial charge in [0.1, 0.15) is 18.1 Å². The first-order valence-electron chi connectivity index (χ1n) is 7.81. The number of benzene rings is 1. The summed E-state index contributed by atoms with van der Waals surface area (Å²) in [4.78, 5) is 18.4. The van der Waals surface area contributed by atoms with E-state index in [0.29, 0.717) is 32.0 Å². The van der Waals surface area contributed by atoms with Crippen LogP contribution < -0.4 is 4.90 Å². The van der Waals surface area contributed by atoms with E-state index in [9.17, 15) is 15.4 Å². The molecule has 0 aliphatic carbocycles. The molecular formula is C17H16ClN5O2. The number of aromatic nitrogens is 1. The molecule has 8 heteroatoms. The number of hydrogen-bond acceptors (Lipinski definition) is 6. The maximum atomic E-state index is 10.8. The molecule has 1 unspecified atom stereocenters. The van der Waals surface area contributed by atoms with Gasteiger partial charge in [0.05, 0.1) is 16.0 Å². The minimum absolute atomic E-state index is 0.145. The molecule has 1 aromatic heterocycles. The van der Waals surface area contributed by atoms with Crippen molar-refractivity contribution in [3.8, 4) is 6.07 Å². The minimum atomic E-state index is -0.529. The number of piperazine rings is 1. The highest BCUT2D eigenvalue weighted by Crippen LogP contribution is 2.29. The highest BCUT2D eigenvalue weighted by Gasteiger charge is 2.29. The number of halogens is 1. The summed E-state index contributed by atoms with van der Waals surface area (Å²) >= 11 is 6.16. The molecule has 1 aliphatic rings. The fourth-order valence-corrected chi connectivity index (χ4v) is 3.18. The van der Waals surface area contributed by atoms with Crippen molar-refractivity contribution in [3.05, 3.63) is 63.3 Å². The number of rotatable bonds is 4. The lowest BCUT2D eigenvalue weighted by molar-refractivity contribution is -0.385. The molecule has 3 rings (SSSR count). The third kappa shape index (κ3) is 3.87. The van der Waals surface area contributed by atoms with E-state index in [4.69, 9.17) is 11.6 Å². The lowest BCUT2D eigenvalue weighted by Gasteiger charge is -2.39. The number of nitriles is 1. The molecule has 1 atom stereocenters. The fourth-order valence-electron chi connectivity index (χ4n) is 2.90. The molecule has 7 nitrogen and oxygen atoms in total. The average Bonchev–Trinajstić information content (AvgIpc) is 2.63. The van der Waals surface area contributed by atoms with Gasteiger partial charge in [-0.3, -0.25) is 15.0 Å². The highest BCUT2D eigenvalue weighted by atomic mass is 35.5. The van der Waals surface area contributed by atoms with E-state index in [-0.39, 0.29) is 16.8 Å². The number of anilines is 1. The van der Waals surface area contributed by atoms with E-state index in [0.717, 1.165) is 5.56 Å². The lowest BCUT2D eigenvalue weighted by atomic mass is 10.1. The van der Waals surface area contributed by atoms with Gasteiger partial charge in [-0.1, -0.05) is 41.9 Å². The van der Waals surface area contributed by atoms with E-state index in [1.54, 1.807) is 0 Å². The monoisotopic (exact) mass is 357 g/mol. The van der Waals surface area contributed by atoms with Crippen LogP contribution in [0.5, 0.6) is 0 Å². The lowest BCUT2D eigenvalue weighted by Crippen LogP contribution is -2.52. The van der Waals surface area contributed by atoms with Crippen LogP contribution in [0.4, 0.5) is 11.5 Å². The molecule has 1 aliphatic heterocycles. The van der Waals surface area contributed by atoms with E-state index in [1.807, 2.05) is 35.2 Å². The maximum Gasteiger partial charge on any atom is 0.289 e. The summed E-state index contributed by atoms with van der Waals surface area (Å²) in [6, 6.07) is 13.3. The third-order valence-electron chi connectivity index (χ3n) is 4.19. The van der Waals surface area contributed by atoms with Gasteiger partial charge in [0, 0.05) is 32.2 Å². The van der Waals surface area contributed by atoms with Gasteiger partial charge in [0.2, 0.25) is 0 Å². The molecule has 0 radical (unpaired) electrons. The zero-order valence-electron chi connectivity index (χ0n) is 13.4. The van der Waals surface area contributed by atoms with Crippen molar-refractivity contribution in [2.45, 2.75) is 12.6 Å². The van der Waals surface area contributed by atoms with Gasteiger partial charge in [-0.2, -0.15) is 5.26 Å². The smallest absolute Gasteiger partial charge is 0.289 e. The van der Waals surface area contributed by atoms with Gasteiger partial charge in [-0.25, -0.2) is 4.98 Å². The van der Waals surface area contributed by atoms with Crippen molar-refractivity contribution >= 4 is 23.1 Å². The molecule has 0 N–H and O–H groups in total. The van der Waals surface area contributed by atoms with Crippen LogP contribution in [0.1, 0.15) is 5.56 Å². The van der Waals surface area contributed by atoms with Crippen LogP contribution in [0.3, 0.4) is 0 Å². The predicted octanol–water partition coefficient (Wildman–Crippen LogP) is 2.86. The minimum Gasteiger partial charge on any atom is -0.351 e. The Kier molecular flexibility index (Phi) is 5.12. The maximum absolute atomic E-state index is 10.8. The topological polar surface area (TPSA) is 86.3 Å². The number of nitrogens with zero attached hydrogens (tertiary/aromatic N) is 5.